The molecule has 0 atom stereocenters. The van der Waals surface area contributed by atoms with E-state index in [-0.39, 0.29) is 10.7 Å². The summed E-state index contributed by atoms with van der Waals surface area (Å²) in [5, 5.41) is 11.1. The number of carbonyl (C=O) groups is 1. The Hall–Kier alpha value is -0.780. The molecule has 0 aromatic carbocycles. The van der Waals surface area contributed by atoms with Crippen molar-refractivity contribution in [2.75, 3.05) is 7.11 Å². The summed E-state index contributed by atoms with van der Waals surface area (Å²) in [4.78, 5) is 10.5. The molecule has 0 aliphatic rings. The molecular weight excluding hydrogens is 211 g/mol. The lowest BCUT2D eigenvalue weighted by molar-refractivity contribution is 0.112. The molecule has 2 aromatic rings. The van der Waals surface area contributed by atoms with Gasteiger partial charge in [-0.1, -0.05) is 0 Å². The molecule has 0 aliphatic heterocycles. The summed E-state index contributed by atoms with van der Waals surface area (Å²) in [6.45, 7) is 0. The van der Waals surface area contributed by atoms with Gasteiger partial charge in [0.25, 0.3) is 0 Å². The lowest BCUT2D eigenvalue weighted by Gasteiger charge is -1.78. The second-order valence-corrected chi connectivity index (χ2v) is 3.88. The fraction of sp³-hybridized carbons (Fsp3) is 0.125. The Morgan fingerprint density at radius 2 is 2.15 bits per heavy atom. The molecular formula is C8H7FO2S2. The highest BCUT2D eigenvalue weighted by atomic mass is 32.1. The van der Waals surface area contributed by atoms with Gasteiger partial charge in [-0.25, -0.2) is 4.39 Å². The predicted molar refractivity (Wildman–Crippen MR) is 53.2 cm³/mol. The van der Waals surface area contributed by atoms with Crippen molar-refractivity contribution in [3.05, 3.63) is 21.5 Å². The zero-order chi connectivity index (χ0) is 9.84. The molecule has 2 aromatic heterocycles. The number of hydrogen-bond donors (Lipinski definition) is 1. The van der Waals surface area contributed by atoms with Crippen LogP contribution in [0.25, 0.3) is 10.1 Å². The molecule has 0 bridgehead atoms. The van der Waals surface area contributed by atoms with Crippen LogP contribution in [0.15, 0.2) is 10.8 Å². The second kappa shape index (κ2) is 4.45. The van der Waals surface area contributed by atoms with Gasteiger partial charge in [0.1, 0.15) is 4.88 Å². The van der Waals surface area contributed by atoms with E-state index in [1.165, 1.54) is 22.7 Å². The molecule has 0 unspecified atom stereocenters. The minimum absolute atomic E-state index is 0.197. The predicted octanol–water partition coefficient (Wildman–Crippen LogP) is 2.52. The molecule has 0 radical (unpaired) electrons. The van der Waals surface area contributed by atoms with E-state index in [0.29, 0.717) is 11.7 Å². The maximum atomic E-state index is 13.0. The molecule has 0 spiro atoms. The summed E-state index contributed by atoms with van der Waals surface area (Å²) in [5.41, 5.74) is 0. The minimum Gasteiger partial charge on any atom is -0.400 e. The first-order valence-electron chi connectivity index (χ1n) is 3.37. The van der Waals surface area contributed by atoms with Gasteiger partial charge in [-0.2, -0.15) is 11.3 Å². The standard InChI is InChI=1S/C7H3FOS2.CH4O/c8-7-4-2-10-3-6(4)11-5(7)1-9;1-2/h1-3H;2H,1H3. The van der Waals surface area contributed by atoms with E-state index in [4.69, 9.17) is 5.11 Å². The molecule has 0 saturated heterocycles. The van der Waals surface area contributed by atoms with E-state index in [1.54, 1.807) is 5.38 Å². The molecule has 0 saturated carbocycles. The molecule has 13 heavy (non-hydrogen) atoms. The summed E-state index contributed by atoms with van der Waals surface area (Å²) < 4.78 is 13.9. The fourth-order valence-corrected chi connectivity index (χ4v) is 2.76. The van der Waals surface area contributed by atoms with Gasteiger partial charge in [-0.05, 0) is 0 Å². The molecule has 5 heteroatoms. The Kier molecular flexibility index (Phi) is 3.53. The smallest absolute Gasteiger partial charge is 0.163 e. The van der Waals surface area contributed by atoms with Crippen molar-refractivity contribution in [1.29, 1.82) is 0 Å². The summed E-state index contributed by atoms with van der Waals surface area (Å²) in [5.74, 6) is -0.374. The first-order chi connectivity index (χ1) is 6.33. The van der Waals surface area contributed by atoms with Crippen molar-refractivity contribution in [2.24, 2.45) is 0 Å². The Morgan fingerprint density at radius 3 is 2.69 bits per heavy atom. The zero-order valence-corrected chi connectivity index (χ0v) is 8.41. The highest BCUT2D eigenvalue weighted by molar-refractivity contribution is 7.23. The molecule has 1 N–H and O–H groups in total. The third-order valence-corrected chi connectivity index (χ3v) is 3.35. The van der Waals surface area contributed by atoms with Crippen LogP contribution in [-0.4, -0.2) is 18.5 Å². The van der Waals surface area contributed by atoms with Gasteiger partial charge in [0.15, 0.2) is 12.1 Å². The van der Waals surface area contributed by atoms with Gasteiger partial charge in [0.2, 0.25) is 0 Å². The van der Waals surface area contributed by atoms with Crippen LogP contribution in [-0.2, 0) is 0 Å². The molecule has 0 aliphatic carbocycles. The van der Waals surface area contributed by atoms with E-state index in [0.717, 1.165) is 11.8 Å². The van der Waals surface area contributed by atoms with Gasteiger partial charge in [-0.15, -0.1) is 11.3 Å². The number of halogens is 1. The van der Waals surface area contributed by atoms with E-state index in [9.17, 15) is 9.18 Å². The highest BCUT2D eigenvalue weighted by Gasteiger charge is 2.10. The fourth-order valence-electron chi connectivity index (χ4n) is 0.896. The number of rotatable bonds is 1. The number of aliphatic hydroxyl groups is 1. The lowest BCUT2D eigenvalue weighted by atomic mass is 10.3. The summed E-state index contributed by atoms with van der Waals surface area (Å²) in [6, 6.07) is 0. The normalized spacial score (nSPS) is 9.46. The monoisotopic (exact) mass is 218 g/mol. The van der Waals surface area contributed by atoms with Crippen LogP contribution < -0.4 is 0 Å². The number of aliphatic hydroxyl groups excluding tert-OH is 1. The van der Waals surface area contributed by atoms with Gasteiger partial charge in [-0.3, -0.25) is 4.79 Å². The van der Waals surface area contributed by atoms with Crippen molar-refractivity contribution in [1.82, 2.24) is 0 Å². The summed E-state index contributed by atoms with van der Waals surface area (Å²) in [7, 11) is 1.00. The van der Waals surface area contributed by atoms with Crippen LogP contribution in [0.3, 0.4) is 0 Å². The van der Waals surface area contributed by atoms with Gasteiger partial charge in [0, 0.05) is 28.0 Å². The maximum Gasteiger partial charge on any atom is 0.163 e. The Morgan fingerprint density at radius 1 is 1.46 bits per heavy atom. The van der Waals surface area contributed by atoms with Crippen molar-refractivity contribution in [2.45, 2.75) is 0 Å². The van der Waals surface area contributed by atoms with Crippen LogP contribution in [0.4, 0.5) is 4.39 Å². The van der Waals surface area contributed by atoms with Crippen molar-refractivity contribution >= 4 is 39.0 Å². The van der Waals surface area contributed by atoms with Crippen molar-refractivity contribution < 1.29 is 14.3 Å². The van der Waals surface area contributed by atoms with Gasteiger partial charge in [0.05, 0.1) is 0 Å². The summed E-state index contributed by atoms with van der Waals surface area (Å²) in [6.07, 6.45) is 0.560. The van der Waals surface area contributed by atoms with E-state index in [1.807, 2.05) is 5.38 Å². The lowest BCUT2D eigenvalue weighted by Crippen LogP contribution is -1.75. The summed E-state index contributed by atoms with van der Waals surface area (Å²) >= 11 is 2.65. The third kappa shape index (κ3) is 1.77. The Bertz CT molecular complexity index is 405. The van der Waals surface area contributed by atoms with Gasteiger partial charge >= 0.3 is 0 Å². The largest absolute Gasteiger partial charge is 0.400 e. The molecule has 2 nitrogen and oxygen atoms in total. The third-order valence-electron chi connectivity index (χ3n) is 1.41. The zero-order valence-electron chi connectivity index (χ0n) is 6.78. The van der Waals surface area contributed by atoms with Crippen molar-refractivity contribution in [3.8, 4) is 0 Å². The number of fused-ring (bicyclic) bond motifs is 1. The van der Waals surface area contributed by atoms with E-state index >= 15 is 0 Å². The average molecular weight is 218 g/mol. The van der Waals surface area contributed by atoms with Crippen LogP contribution in [0.1, 0.15) is 9.67 Å². The molecule has 2 heterocycles. The van der Waals surface area contributed by atoms with Gasteiger partial charge < -0.3 is 5.11 Å². The maximum absolute atomic E-state index is 13.0. The quantitative estimate of drug-likeness (QED) is 0.747. The van der Waals surface area contributed by atoms with Crippen molar-refractivity contribution in [3.63, 3.8) is 0 Å². The number of hydrogen-bond acceptors (Lipinski definition) is 4. The second-order valence-electron chi connectivity index (χ2n) is 2.05. The highest BCUT2D eigenvalue weighted by Crippen LogP contribution is 2.31. The Labute approximate surface area is 82.3 Å². The van der Waals surface area contributed by atoms with Crippen LogP contribution >= 0.6 is 22.7 Å². The minimum atomic E-state index is -0.374. The first-order valence-corrected chi connectivity index (χ1v) is 5.13. The van der Waals surface area contributed by atoms with E-state index < -0.39 is 0 Å². The number of carbonyl (C=O) groups excluding carboxylic acids is 1. The first kappa shape index (κ1) is 10.3. The molecule has 70 valence electrons. The molecule has 0 amide bonds. The molecule has 2 rings (SSSR count). The van der Waals surface area contributed by atoms with Crippen LogP contribution in [0.2, 0.25) is 0 Å². The van der Waals surface area contributed by atoms with Crippen LogP contribution in [0, 0.1) is 5.82 Å². The Balaban J connectivity index is 0.000000396. The number of aldehydes is 1. The topological polar surface area (TPSA) is 37.3 Å². The SMILES string of the molecule is CO.O=Cc1sc2cscc2c1F. The number of thiophene rings is 2. The van der Waals surface area contributed by atoms with Crippen LogP contribution in [0.5, 0.6) is 0 Å². The average Bonchev–Trinajstić information content (AvgIpc) is 2.73. The molecule has 0 fully saturated rings. The van der Waals surface area contributed by atoms with E-state index in [2.05, 4.69) is 0 Å².